The summed E-state index contributed by atoms with van der Waals surface area (Å²) < 4.78 is 11.4. The number of hydrogen-bond donors (Lipinski definition) is 1. The molecule has 2 saturated heterocycles. The van der Waals surface area contributed by atoms with Crippen molar-refractivity contribution in [2.24, 2.45) is 5.73 Å². The van der Waals surface area contributed by atoms with E-state index in [0.717, 1.165) is 38.8 Å². The number of rotatable bonds is 2. The van der Waals surface area contributed by atoms with Gasteiger partial charge in [0, 0.05) is 33.2 Å². The molecule has 5 heteroatoms. The number of hydrogen-bond acceptors (Lipinski definition) is 4. The molecule has 2 aliphatic heterocycles. The van der Waals surface area contributed by atoms with Gasteiger partial charge in [-0.2, -0.15) is 0 Å². The van der Waals surface area contributed by atoms with E-state index in [-0.39, 0.29) is 24.2 Å². The number of nitrogens with two attached hydrogens (primary N) is 1. The number of carbonyl (C=O) groups excluding carboxylic acids is 1. The molecule has 98 valence electrons. The highest BCUT2D eigenvalue weighted by Crippen LogP contribution is 2.34. The molecule has 17 heavy (non-hydrogen) atoms. The fraction of sp³-hybridized carbons (Fsp3) is 0.917. The Morgan fingerprint density at radius 3 is 3.18 bits per heavy atom. The predicted octanol–water partition coefficient (Wildman–Crippen LogP) is 0.132. The first-order valence-corrected chi connectivity index (χ1v) is 6.34. The topological polar surface area (TPSA) is 64.8 Å². The van der Waals surface area contributed by atoms with Crippen LogP contribution in [0.3, 0.4) is 0 Å². The number of amides is 1. The van der Waals surface area contributed by atoms with Crippen LogP contribution in [0.5, 0.6) is 0 Å². The maximum Gasteiger partial charge on any atom is 0.236 e. The maximum atomic E-state index is 11.7. The average molecular weight is 242 g/mol. The second-order valence-corrected chi connectivity index (χ2v) is 5.00. The molecule has 2 N–H and O–H groups in total. The van der Waals surface area contributed by atoms with Crippen LogP contribution in [0.25, 0.3) is 0 Å². The Morgan fingerprint density at radius 2 is 2.47 bits per heavy atom. The Bertz CT molecular complexity index is 281. The van der Waals surface area contributed by atoms with E-state index >= 15 is 0 Å². The van der Waals surface area contributed by atoms with E-state index < -0.39 is 0 Å². The van der Waals surface area contributed by atoms with Crippen LogP contribution in [0.2, 0.25) is 0 Å². The van der Waals surface area contributed by atoms with Gasteiger partial charge < -0.3 is 20.1 Å². The summed E-state index contributed by atoms with van der Waals surface area (Å²) in [6, 6.07) is 0. The zero-order valence-corrected chi connectivity index (χ0v) is 10.5. The smallest absolute Gasteiger partial charge is 0.236 e. The van der Waals surface area contributed by atoms with Gasteiger partial charge in [0.05, 0.1) is 18.2 Å². The molecule has 1 amide bonds. The van der Waals surface area contributed by atoms with Crippen LogP contribution >= 0.6 is 0 Å². The van der Waals surface area contributed by atoms with Gasteiger partial charge in [-0.3, -0.25) is 4.79 Å². The molecular formula is C12H22N2O3. The molecule has 2 aliphatic rings. The van der Waals surface area contributed by atoms with Crippen LogP contribution in [0, 0.1) is 0 Å². The number of carbonyl (C=O) groups is 1. The van der Waals surface area contributed by atoms with Gasteiger partial charge in [0.1, 0.15) is 0 Å². The van der Waals surface area contributed by atoms with Gasteiger partial charge in [-0.1, -0.05) is 0 Å². The number of ether oxygens (including phenoxy) is 2. The lowest BCUT2D eigenvalue weighted by Gasteiger charge is -2.46. The Balaban J connectivity index is 2.01. The molecule has 1 spiro atoms. The second-order valence-electron chi connectivity index (χ2n) is 5.00. The SMILES string of the molecule is CO[C@@H]1CCO[C@@]2(CCCN(C(=O)CN)C2)C1. The first-order valence-electron chi connectivity index (χ1n) is 6.34. The van der Waals surface area contributed by atoms with Gasteiger partial charge in [-0.15, -0.1) is 0 Å². The van der Waals surface area contributed by atoms with Crippen molar-refractivity contribution in [2.75, 3.05) is 33.4 Å². The highest BCUT2D eigenvalue weighted by atomic mass is 16.5. The number of methoxy groups -OCH3 is 1. The van der Waals surface area contributed by atoms with Crippen LogP contribution in [-0.2, 0) is 14.3 Å². The van der Waals surface area contributed by atoms with Gasteiger partial charge in [-0.05, 0) is 19.3 Å². The fourth-order valence-electron chi connectivity index (χ4n) is 2.91. The molecular weight excluding hydrogens is 220 g/mol. The first kappa shape index (κ1) is 12.8. The quantitative estimate of drug-likeness (QED) is 0.747. The Kier molecular flexibility index (Phi) is 4.01. The minimum Gasteiger partial charge on any atom is -0.381 e. The summed E-state index contributed by atoms with van der Waals surface area (Å²) in [7, 11) is 1.75. The normalized spacial score (nSPS) is 34.0. The highest BCUT2D eigenvalue weighted by molar-refractivity contribution is 5.78. The van der Waals surface area contributed by atoms with E-state index in [4.69, 9.17) is 15.2 Å². The van der Waals surface area contributed by atoms with Crippen LogP contribution in [-0.4, -0.2) is 55.9 Å². The minimum absolute atomic E-state index is 0.0206. The fourth-order valence-corrected chi connectivity index (χ4v) is 2.91. The summed E-state index contributed by atoms with van der Waals surface area (Å²) in [5, 5.41) is 0. The maximum absolute atomic E-state index is 11.7. The zero-order chi connectivity index (χ0) is 12.3. The molecule has 0 aliphatic carbocycles. The van der Waals surface area contributed by atoms with Gasteiger partial charge in [0.25, 0.3) is 0 Å². The monoisotopic (exact) mass is 242 g/mol. The highest BCUT2D eigenvalue weighted by Gasteiger charge is 2.42. The molecule has 2 atom stereocenters. The molecule has 0 aromatic heterocycles. The Labute approximate surface area is 102 Å². The van der Waals surface area contributed by atoms with Gasteiger partial charge in [-0.25, -0.2) is 0 Å². The molecule has 0 radical (unpaired) electrons. The molecule has 0 bridgehead atoms. The molecule has 0 saturated carbocycles. The lowest BCUT2D eigenvalue weighted by Crippen LogP contribution is -2.56. The predicted molar refractivity (Wildman–Crippen MR) is 63.6 cm³/mol. The zero-order valence-electron chi connectivity index (χ0n) is 10.5. The van der Waals surface area contributed by atoms with Crippen molar-refractivity contribution in [3.8, 4) is 0 Å². The van der Waals surface area contributed by atoms with E-state index in [1.807, 2.05) is 4.90 Å². The number of nitrogens with zero attached hydrogens (tertiary/aromatic N) is 1. The molecule has 0 aromatic carbocycles. The molecule has 2 heterocycles. The van der Waals surface area contributed by atoms with E-state index in [2.05, 4.69) is 0 Å². The lowest BCUT2D eigenvalue weighted by atomic mass is 9.84. The first-order chi connectivity index (χ1) is 8.19. The molecule has 2 fully saturated rings. The van der Waals surface area contributed by atoms with Crippen molar-refractivity contribution >= 4 is 5.91 Å². The molecule has 2 rings (SSSR count). The lowest BCUT2D eigenvalue weighted by molar-refractivity contribution is -0.163. The van der Waals surface area contributed by atoms with Crippen molar-refractivity contribution in [1.82, 2.24) is 4.90 Å². The van der Waals surface area contributed by atoms with Crippen molar-refractivity contribution in [3.63, 3.8) is 0 Å². The van der Waals surface area contributed by atoms with E-state index in [9.17, 15) is 4.79 Å². The van der Waals surface area contributed by atoms with E-state index in [1.165, 1.54) is 0 Å². The summed E-state index contributed by atoms with van der Waals surface area (Å²) in [6.07, 6.45) is 4.10. The molecule has 0 aromatic rings. The minimum atomic E-state index is -0.192. The third kappa shape index (κ3) is 2.78. The van der Waals surface area contributed by atoms with Crippen molar-refractivity contribution in [2.45, 2.75) is 37.4 Å². The van der Waals surface area contributed by atoms with Crippen molar-refractivity contribution in [1.29, 1.82) is 0 Å². The largest absolute Gasteiger partial charge is 0.381 e. The van der Waals surface area contributed by atoms with Crippen molar-refractivity contribution < 1.29 is 14.3 Å². The summed E-state index contributed by atoms with van der Waals surface area (Å²) in [5.41, 5.74) is 5.23. The third-order valence-electron chi connectivity index (χ3n) is 3.85. The summed E-state index contributed by atoms with van der Waals surface area (Å²) in [5.74, 6) is 0.0206. The van der Waals surface area contributed by atoms with Crippen LogP contribution in [0.15, 0.2) is 0 Å². The van der Waals surface area contributed by atoms with Gasteiger partial charge >= 0.3 is 0 Å². The summed E-state index contributed by atoms with van der Waals surface area (Å²) >= 11 is 0. The number of likely N-dealkylation sites (tertiary alicyclic amines) is 1. The summed E-state index contributed by atoms with van der Waals surface area (Å²) in [6.45, 7) is 2.29. The van der Waals surface area contributed by atoms with Gasteiger partial charge in [0.2, 0.25) is 5.91 Å². The third-order valence-corrected chi connectivity index (χ3v) is 3.85. The average Bonchev–Trinajstić information content (AvgIpc) is 2.38. The second kappa shape index (κ2) is 5.33. The summed E-state index contributed by atoms with van der Waals surface area (Å²) in [4.78, 5) is 13.5. The molecule has 0 unspecified atom stereocenters. The van der Waals surface area contributed by atoms with E-state index in [1.54, 1.807) is 7.11 Å². The van der Waals surface area contributed by atoms with Gasteiger partial charge in [0.15, 0.2) is 0 Å². The molecule has 5 nitrogen and oxygen atoms in total. The van der Waals surface area contributed by atoms with Crippen LogP contribution in [0.1, 0.15) is 25.7 Å². The number of piperidine rings is 1. The van der Waals surface area contributed by atoms with Crippen molar-refractivity contribution in [3.05, 3.63) is 0 Å². The standard InChI is InChI=1S/C12H22N2O3/c1-16-10-3-6-17-12(7-10)4-2-5-14(9-12)11(15)8-13/h10H,2-9,13H2,1H3/t10-,12+/m1/s1. The van der Waals surface area contributed by atoms with E-state index in [0.29, 0.717) is 6.54 Å². The Hall–Kier alpha value is -0.650. The van der Waals surface area contributed by atoms with Crippen LogP contribution in [0.4, 0.5) is 0 Å². The van der Waals surface area contributed by atoms with Crippen LogP contribution < -0.4 is 5.73 Å². The Morgan fingerprint density at radius 1 is 1.65 bits per heavy atom.